The molecule has 0 radical (unpaired) electrons. The number of anilines is 2. The molecule has 0 bridgehead atoms. The van der Waals surface area contributed by atoms with Crippen LogP contribution in [0, 0.1) is 0 Å². The summed E-state index contributed by atoms with van der Waals surface area (Å²) in [5.74, 6) is 1.28. The topological polar surface area (TPSA) is 102 Å². The van der Waals surface area contributed by atoms with E-state index in [9.17, 15) is 9.59 Å². The normalized spacial score (nSPS) is 10.9. The molecule has 2 aromatic heterocycles. The summed E-state index contributed by atoms with van der Waals surface area (Å²) in [6.45, 7) is 0. The van der Waals surface area contributed by atoms with E-state index in [-0.39, 0.29) is 11.8 Å². The van der Waals surface area contributed by atoms with E-state index in [1.165, 1.54) is 22.7 Å². The molecular formula is C22H22N4O4S2. The van der Waals surface area contributed by atoms with Gasteiger partial charge in [0.1, 0.15) is 11.5 Å². The lowest BCUT2D eigenvalue weighted by Crippen LogP contribution is -2.13. The first kappa shape index (κ1) is 22.0. The van der Waals surface area contributed by atoms with Crippen LogP contribution in [0.2, 0.25) is 0 Å². The van der Waals surface area contributed by atoms with Crippen molar-refractivity contribution in [2.24, 2.45) is 0 Å². The SMILES string of the molecule is COc1ccc2nc(NC(=O)CCCCC(=O)Nc3nc4ccc(OC)cc4s3)sc2c1. The van der Waals surface area contributed by atoms with Gasteiger partial charge in [0.25, 0.3) is 0 Å². The third kappa shape index (κ3) is 5.32. The van der Waals surface area contributed by atoms with Gasteiger partial charge in [-0.25, -0.2) is 9.97 Å². The van der Waals surface area contributed by atoms with Crippen LogP contribution in [-0.4, -0.2) is 36.0 Å². The zero-order valence-electron chi connectivity index (χ0n) is 17.6. The minimum atomic E-state index is -0.114. The number of aromatic nitrogens is 2. The van der Waals surface area contributed by atoms with Gasteiger partial charge in [-0.05, 0) is 49.2 Å². The number of carbonyl (C=O) groups excluding carboxylic acids is 2. The van der Waals surface area contributed by atoms with E-state index < -0.39 is 0 Å². The van der Waals surface area contributed by atoms with Crippen molar-refractivity contribution in [3.63, 3.8) is 0 Å². The molecule has 0 aliphatic carbocycles. The summed E-state index contributed by atoms with van der Waals surface area (Å²) in [5.41, 5.74) is 1.63. The van der Waals surface area contributed by atoms with E-state index >= 15 is 0 Å². The number of methoxy groups -OCH3 is 2. The summed E-state index contributed by atoms with van der Waals surface area (Å²) >= 11 is 2.81. The molecule has 0 saturated heterocycles. The highest BCUT2D eigenvalue weighted by Crippen LogP contribution is 2.30. The van der Waals surface area contributed by atoms with Crippen molar-refractivity contribution in [1.82, 2.24) is 9.97 Å². The van der Waals surface area contributed by atoms with Crippen molar-refractivity contribution < 1.29 is 19.1 Å². The number of ether oxygens (including phenoxy) is 2. The van der Waals surface area contributed by atoms with Gasteiger partial charge in [-0.3, -0.25) is 9.59 Å². The van der Waals surface area contributed by atoms with Crippen molar-refractivity contribution in [1.29, 1.82) is 0 Å². The first-order valence-electron chi connectivity index (χ1n) is 10.0. The Bertz CT molecular complexity index is 1170. The fourth-order valence-corrected chi connectivity index (χ4v) is 4.93. The van der Waals surface area contributed by atoms with Crippen molar-refractivity contribution in [2.75, 3.05) is 24.9 Å². The molecule has 166 valence electrons. The fraction of sp³-hybridized carbons (Fsp3) is 0.273. The molecule has 0 spiro atoms. The smallest absolute Gasteiger partial charge is 0.226 e. The van der Waals surface area contributed by atoms with Crippen molar-refractivity contribution in [3.8, 4) is 11.5 Å². The van der Waals surface area contributed by atoms with E-state index in [4.69, 9.17) is 9.47 Å². The molecule has 4 aromatic rings. The number of nitrogens with zero attached hydrogens (tertiary/aromatic N) is 2. The average molecular weight is 471 g/mol. The zero-order chi connectivity index (χ0) is 22.5. The van der Waals surface area contributed by atoms with E-state index in [0.29, 0.717) is 35.9 Å². The maximum atomic E-state index is 12.2. The first-order valence-corrected chi connectivity index (χ1v) is 11.7. The van der Waals surface area contributed by atoms with Gasteiger partial charge in [-0.2, -0.15) is 0 Å². The molecule has 2 N–H and O–H groups in total. The quantitative estimate of drug-likeness (QED) is 0.332. The summed E-state index contributed by atoms with van der Waals surface area (Å²) in [4.78, 5) is 33.2. The second-order valence-corrected chi connectivity index (χ2v) is 9.07. The van der Waals surface area contributed by atoms with Crippen LogP contribution in [-0.2, 0) is 9.59 Å². The van der Waals surface area contributed by atoms with Crippen LogP contribution in [0.3, 0.4) is 0 Å². The summed E-state index contributed by atoms with van der Waals surface area (Å²) < 4.78 is 12.3. The summed E-state index contributed by atoms with van der Waals surface area (Å²) in [7, 11) is 3.23. The van der Waals surface area contributed by atoms with Gasteiger partial charge in [0, 0.05) is 12.8 Å². The lowest BCUT2D eigenvalue weighted by Gasteiger charge is -2.02. The predicted molar refractivity (Wildman–Crippen MR) is 128 cm³/mol. The molecule has 0 aliphatic heterocycles. The minimum absolute atomic E-state index is 0.114. The average Bonchev–Trinajstić information content (AvgIpc) is 3.37. The molecule has 2 heterocycles. The Morgan fingerprint density at radius 3 is 1.62 bits per heavy atom. The van der Waals surface area contributed by atoms with E-state index in [1.54, 1.807) is 14.2 Å². The van der Waals surface area contributed by atoms with Gasteiger partial charge >= 0.3 is 0 Å². The third-order valence-electron chi connectivity index (χ3n) is 4.74. The van der Waals surface area contributed by atoms with Crippen LogP contribution in [0.15, 0.2) is 36.4 Å². The highest BCUT2D eigenvalue weighted by atomic mass is 32.1. The molecule has 0 unspecified atom stereocenters. The second kappa shape index (κ2) is 9.92. The molecule has 2 aromatic carbocycles. The Kier molecular flexibility index (Phi) is 6.81. The Morgan fingerprint density at radius 1 is 0.781 bits per heavy atom. The lowest BCUT2D eigenvalue weighted by atomic mass is 10.2. The molecule has 4 rings (SSSR count). The molecule has 0 saturated carbocycles. The van der Waals surface area contributed by atoms with E-state index in [1.807, 2.05) is 36.4 Å². The summed E-state index contributed by atoms with van der Waals surface area (Å²) in [5, 5.41) is 6.78. The van der Waals surface area contributed by atoms with Crippen LogP contribution in [0.25, 0.3) is 20.4 Å². The van der Waals surface area contributed by atoms with Gasteiger partial charge in [-0.1, -0.05) is 22.7 Å². The number of fused-ring (bicyclic) bond motifs is 2. The first-order chi connectivity index (χ1) is 15.5. The van der Waals surface area contributed by atoms with Crippen LogP contribution in [0.4, 0.5) is 10.3 Å². The van der Waals surface area contributed by atoms with Crippen LogP contribution in [0.5, 0.6) is 11.5 Å². The molecule has 10 heteroatoms. The van der Waals surface area contributed by atoms with Gasteiger partial charge in [0.15, 0.2) is 10.3 Å². The van der Waals surface area contributed by atoms with Gasteiger partial charge in [0.05, 0.1) is 34.7 Å². The molecule has 8 nitrogen and oxygen atoms in total. The number of unbranched alkanes of at least 4 members (excludes halogenated alkanes) is 1. The van der Waals surface area contributed by atoms with Crippen molar-refractivity contribution in [3.05, 3.63) is 36.4 Å². The largest absolute Gasteiger partial charge is 0.497 e. The number of hydrogen-bond acceptors (Lipinski definition) is 8. The number of amides is 2. The maximum Gasteiger partial charge on any atom is 0.226 e. The monoisotopic (exact) mass is 470 g/mol. The Morgan fingerprint density at radius 2 is 1.22 bits per heavy atom. The number of benzene rings is 2. The standard InChI is InChI=1S/C22H22N4O4S2/c1-29-13-7-9-15-17(11-13)31-21(23-15)25-19(27)5-3-4-6-20(28)26-22-24-16-10-8-14(30-2)12-18(16)32-22/h7-12H,3-6H2,1-2H3,(H,23,25,27)(H,24,26,28). The number of carbonyl (C=O) groups is 2. The fourth-order valence-electron chi connectivity index (χ4n) is 3.11. The molecular weight excluding hydrogens is 448 g/mol. The lowest BCUT2D eigenvalue weighted by molar-refractivity contribution is -0.118. The summed E-state index contributed by atoms with van der Waals surface area (Å²) in [6.07, 6.45) is 1.87. The number of hydrogen-bond donors (Lipinski definition) is 2. The highest BCUT2D eigenvalue weighted by molar-refractivity contribution is 7.22. The Labute approximate surface area is 192 Å². The number of rotatable bonds is 9. The Hall–Kier alpha value is -3.24. The predicted octanol–water partition coefficient (Wildman–Crippen LogP) is 5.06. The number of nitrogens with one attached hydrogen (secondary N) is 2. The van der Waals surface area contributed by atoms with Crippen molar-refractivity contribution >= 4 is 65.2 Å². The third-order valence-corrected chi connectivity index (χ3v) is 6.61. The van der Waals surface area contributed by atoms with Crippen LogP contribution >= 0.6 is 22.7 Å². The van der Waals surface area contributed by atoms with Gasteiger partial charge < -0.3 is 20.1 Å². The van der Waals surface area contributed by atoms with Gasteiger partial charge in [0.2, 0.25) is 11.8 Å². The second-order valence-electron chi connectivity index (χ2n) is 7.01. The van der Waals surface area contributed by atoms with E-state index in [2.05, 4.69) is 20.6 Å². The molecule has 0 fully saturated rings. The molecule has 0 atom stereocenters. The minimum Gasteiger partial charge on any atom is -0.497 e. The van der Waals surface area contributed by atoms with Crippen LogP contribution in [0.1, 0.15) is 25.7 Å². The van der Waals surface area contributed by atoms with E-state index in [0.717, 1.165) is 31.9 Å². The molecule has 0 aliphatic rings. The Balaban J connectivity index is 1.21. The maximum absolute atomic E-state index is 12.2. The highest BCUT2D eigenvalue weighted by Gasteiger charge is 2.11. The molecule has 2 amide bonds. The van der Waals surface area contributed by atoms with Crippen molar-refractivity contribution in [2.45, 2.75) is 25.7 Å². The summed E-state index contributed by atoms with van der Waals surface area (Å²) in [6, 6.07) is 11.2. The zero-order valence-corrected chi connectivity index (χ0v) is 19.3. The van der Waals surface area contributed by atoms with Gasteiger partial charge in [-0.15, -0.1) is 0 Å². The number of thiazole rings is 2. The van der Waals surface area contributed by atoms with Crippen LogP contribution < -0.4 is 20.1 Å². The molecule has 32 heavy (non-hydrogen) atoms.